The summed E-state index contributed by atoms with van der Waals surface area (Å²) in [5.41, 5.74) is 1.08. The Hall–Kier alpha value is -1.84. The van der Waals surface area contributed by atoms with Gasteiger partial charge in [-0.3, -0.25) is 9.78 Å². The molecule has 2 rings (SSSR count). The summed E-state index contributed by atoms with van der Waals surface area (Å²) in [6.45, 7) is 5.31. The molecule has 0 fully saturated rings. The van der Waals surface area contributed by atoms with Crippen molar-refractivity contribution in [2.24, 2.45) is 0 Å². The van der Waals surface area contributed by atoms with E-state index in [2.05, 4.69) is 4.98 Å². The van der Waals surface area contributed by atoms with Gasteiger partial charge in [0.05, 0.1) is 12.6 Å². The minimum Gasteiger partial charge on any atom is -0.488 e. The van der Waals surface area contributed by atoms with Crippen LogP contribution in [0.4, 0.5) is 0 Å². The van der Waals surface area contributed by atoms with Gasteiger partial charge in [0, 0.05) is 18.9 Å². The Morgan fingerprint density at radius 1 is 1.47 bits per heavy atom. The van der Waals surface area contributed by atoms with E-state index in [-0.39, 0.29) is 11.9 Å². The van der Waals surface area contributed by atoms with Crippen LogP contribution in [0, 0.1) is 0 Å². The Kier molecular flexibility index (Phi) is 4.55. The molecule has 0 bridgehead atoms. The average molecular weight is 260 g/mol. The highest BCUT2D eigenvalue weighted by Gasteiger charge is 2.24. The smallest absolute Gasteiger partial charge is 0.289 e. The van der Waals surface area contributed by atoms with Crippen molar-refractivity contribution in [3.05, 3.63) is 41.9 Å². The highest BCUT2D eigenvalue weighted by atomic mass is 16.5. The van der Waals surface area contributed by atoms with Crippen molar-refractivity contribution in [1.82, 2.24) is 9.88 Å². The van der Waals surface area contributed by atoms with Gasteiger partial charge in [-0.25, -0.2) is 0 Å². The molecule has 2 heterocycles. The van der Waals surface area contributed by atoms with Crippen LogP contribution in [0.15, 0.2) is 36.4 Å². The van der Waals surface area contributed by atoms with E-state index in [0.29, 0.717) is 18.9 Å². The molecule has 0 spiro atoms. The third-order valence-electron chi connectivity index (χ3n) is 3.40. The zero-order valence-corrected chi connectivity index (χ0v) is 11.5. The van der Waals surface area contributed by atoms with Gasteiger partial charge in [0.1, 0.15) is 0 Å². The van der Waals surface area contributed by atoms with Crippen molar-refractivity contribution in [3.63, 3.8) is 0 Å². The highest BCUT2D eigenvalue weighted by molar-refractivity contribution is 5.91. The molecule has 1 atom stereocenters. The number of aromatic nitrogens is 1. The fourth-order valence-electron chi connectivity index (χ4n) is 2.26. The summed E-state index contributed by atoms with van der Waals surface area (Å²) in [4.78, 5) is 18.3. The van der Waals surface area contributed by atoms with Crippen molar-refractivity contribution in [3.8, 4) is 0 Å². The third kappa shape index (κ3) is 3.13. The number of amides is 1. The van der Waals surface area contributed by atoms with Gasteiger partial charge < -0.3 is 9.64 Å². The molecule has 4 heteroatoms. The van der Waals surface area contributed by atoms with Gasteiger partial charge in [-0.15, -0.1) is 0 Å². The molecule has 19 heavy (non-hydrogen) atoms. The van der Waals surface area contributed by atoms with Crippen molar-refractivity contribution >= 4 is 5.91 Å². The number of pyridine rings is 1. The monoisotopic (exact) mass is 260 g/mol. The molecule has 1 aliphatic rings. The van der Waals surface area contributed by atoms with Gasteiger partial charge >= 0.3 is 0 Å². The first-order valence-electron chi connectivity index (χ1n) is 6.78. The topological polar surface area (TPSA) is 42.4 Å². The lowest BCUT2D eigenvalue weighted by molar-refractivity contribution is -0.133. The van der Waals surface area contributed by atoms with Gasteiger partial charge in [0.15, 0.2) is 5.76 Å². The number of likely N-dealkylation sites (N-methyl/N-ethyl adjacent to an activating group) is 1. The predicted octanol–water partition coefficient (Wildman–Crippen LogP) is 2.69. The summed E-state index contributed by atoms with van der Waals surface area (Å²) < 4.78 is 5.47. The molecule has 0 radical (unpaired) electrons. The van der Waals surface area contributed by atoms with E-state index in [0.717, 1.165) is 18.4 Å². The predicted molar refractivity (Wildman–Crippen MR) is 73.3 cm³/mol. The van der Waals surface area contributed by atoms with E-state index >= 15 is 0 Å². The molecule has 1 aromatic heterocycles. The van der Waals surface area contributed by atoms with Crippen molar-refractivity contribution < 1.29 is 9.53 Å². The number of allylic oxidation sites excluding steroid dienone is 1. The summed E-state index contributed by atoms with van der Waals surface area (Å²) in [7, 11) is 0. The number of carbonyl (C=O) groups is 1. The second kappa shape index (κ2) is 6.36. The fraction of sp³-hybridized carbons (Fsp3) is 0.467. The normalized spacial score (nSPS) is 16.2. The van der Waals surface area contributed by atoms with E-state index in [9.17, 15) is 4.79 Å². The molecule has 0 aromatic carbocycles. The van der Waals surface area contributed by atoms with Crippen LogP contribution >= 0.6 is 0 Å². The number of rotatable bonds is 4. The molecule has 0 aliphatic carbocycles. The molecule has 0 N–H and O–H groups in total. The fourth-order valence-corrected chi connectivity index (χ4v) is 2.26. The summed E-state index contributed by atoms with van der Waals surface area (Å²) >= 11 is 0. The SMILES string of the molecule is CCN(C(=O)C1=CCCCO1)C(C)c1ccncc1. The minimum atomic E-state index is -0.0217. The first kappa shape index (κ1) is 13.6. The van der Waals surface area contributed by atoms with E-state index in [1.165, 1.54) is 0 Å². The Labute approximate surface area is 114 Å². The lowest BCUT2D eigenvalue weighted by Gasteiger charge is -2.29. The molecule has 0 saturated carbocycles. The Balaban J connectivity index is 2.15. The molecule has 0 saturated heterocycles. The third-order valence-corrected chi connectivity index (χ3v) is 3.40. The summed E-state index contributed by atoms with van der Waals surface area (Å²) in [6.07, 6.45) is 7.31. The van der Waals surface area contributed by atoms with Crippen LogP contribution < -0.4 is 0 Å². The maximum atomic E-state index is 12.5. The quantitative estimate of drug-likeness (QED) is 0.836. The van der Waals surface area contributed by atoms with E-state index in [1.54, 1.807) is 12.4 Å². The molecular formula is C15H20N2O2. The maximum absolute atomic E-state index is 12.5. The number of ether oxygens (including phenoxy) is 1. The standard InChI is InChI=1S/C15H20N2O2/c1-3-17(12(2)13-7-9-16-10-8-13)15(18)14-6-4-5-11-19-14/h6-10,12H,3-5,11H2,1-2H3. The van der Waals surface area contributed by atoms with Gasteiger partial charge in [0.2, 0.25) is 0 Å². The zero-order chi connectivity index (χ0) is 13.7. The molecule has 1 aromatic rings. The number of nitrogens with zero attached hydrogens (tertiary/aromatic N) is 2. The summed E-state index contributed by atoms with van der Waals surface area (Å²) in [5, 5.41) is 0. The number of hydrogen-bond acceptors (Lipinski definition) is 3. The van der Waals surface area contributed by atoms with Crippen LogP contribution in [0.2, 0.25) is 0 Å². The molecule has 1 unspecified atom stereocenters. The molecular weight excluding hydrogens is 240 g/mol. The van der Waals surface area contributed by atoms with Crippen LogP contribution in [0.3, 0.4) is 0 Å². The molecule has 4 nitrogen and oxygen atoms in total. The van der Waals surface area contributed by atoms with Crippen molar-refractivity contribution in [2.75, 3.05) is 13.2 Å². The van der Waals surface area contributed by atoms with Crippen LogP contribution in [-0.2, 0) is 9.53 Å². The number of carbonyl (C=O) groups excluding carboxylic acids is 1. The molecule has 1 amide bonds. The Morgan fingerprint density at radius 3 is 2.79 bits per heavy atom. The minimum absolute atomic E-state index is 0.0203. The van der Waals surface area contributed by atoms with Crippen LogP contribution in [0.5, 0.6) is 0 Å². The largest absolute Gasteiger partial charge is 0.488 e. The Morgan fingerprint density at radius 2 is 2.21 bits per heavy atom. The van der Waals surface area contributed by atoms with Crippen molar-refractivity contribution in [2.45, 2.75) is 32.7 Å². The van der Waals surface area contributed by atoms with Gasteiger partial charge in [0.25, 0.3) is 5.91 Å². The summed E-state index contributed by atoms with van der Waals surface area (Å²) in [6, 6.07) is 3.90. The Bertz CT molecular complexity index is 456. The first-order chi connectivity index (χ1) is 9.24. The lowest BCUT2D eigenvalue weighted by atomic mass is 10.1. The van der Waals surface area contributed by atoms with E-state index in [4.69, 9.17) is 4.74 Å². The molecule has 1 aliphatic heterocycles. The first-order valence-corrected chi connectivity index (χ1v) is 6.78. The lowest BCUT2D eigenvalue weighted by Crippen LogP contribution is -2.35. The highest BCUT2D eigenvalue weighted by Crippen LogP contribution is 2.22. The average Bonchev–Trinajstić information content (AvgIpc) is 2.49. The molecule has 102 valence electrons. The van der Waals surface area contributed by atoms with Crippen LogP contribution in [-0.4, -0.2) is 28.9 Å². The van der Waals surface area contributed by atoms with Gasteiger partial charge in [-0.2, -0.15) is 0 Å². The van der Waals surface area contributed by atoms with E-state index in [1.807, 2.05) is 37.0 Å². The number of hydrogen-bond donors (Lipinski definition) is 0. The van der Waals surface area contributed by atoms with E-state index < -0.39 is 0 Å². The van der Waals surface area contributed by atoms with Crippen LogP contribution in [0.1, 0.15) is 38.3 Å². The maximum Gasteiger partial charge on any atom is 0.289 e. The van der Waals surface area contributed by atoms with Crippen molar-refractivity contribution in [1.29, 1.82) is 0 Å². The summed E-state index contributed by atoms with van der Waals surface area (Å²) in [5.74, 6) is 0.473. The zero-order valence-electron chi connectivity index (χ0n) is 11.5. The second-order valence-corrected chi connectivity index (χ2v) is 4.61. The van der Waals surface area contributed by atoms with Gasteiger partial charge in [-0.1, -0.05) is 0 Å². The second-order valence-electron chi connectivity index (χ2n) is 4.61. The van der Waals surface area contributed by atoms with Gasteiger partial charge in [-0.05, 0) is 50.5 Å². The van der Waals surface area contributed by atoms with Crippen LogP contribution in [0.25, 0.3) is 0 Å².